The zero-order chi connectivity index (χ0) is 11.8. The third-order valence-corrected chi connectivity index (χ3v) is 2.92. The molecule has 0 heterocycles. The molecule has 1 aromatic carbocycles. The predicted molar refractivity (Wildman–Crippen MR) is 66.7 cm³/mol. The fraction of sp³-hybridized carbons (Fsp3) is 0.538. The molecular formula is C13H21FN2. The Kier molecular flexibility index (Phi) is 5.86. The minimum absolute atomic E-state index is 0.201. The van der Waals surface area contributed by atoms with Gasteiger partial charge in [-0.2, -0.15) is 0 Å². The molecule has 0 radical (unpaired) electrons. The van der Waals surface area contributed by atoms with E-state index in [9.17, 15) is 4.39 Å². The minimum atomic E-state index is -0.354. The zero-order valence-corrected chi connectivity index (χ0v) is 9.88. The maximum Gasteiger partial charge on any atom is 0.146 e. The summed E-state index contributed by atoms with van der Waals surface area (Å²) in [6, 6.07) is 6.98. The lowest BCUT2D eigenvalue weighted by atomic mass is 9.96. The molecule has 1 aromatic rings. The lowest BCUT2D eigenvalue weighted by Gasteiger charge is -2.20. The number of benzene rings is 1. The van der Waals surface area contributed by atoms with E-state index in [0.29, 0.717) is 0 Å². The Bertz CT molecular complexity index is 275. The average molecular weight is 224 g/mol. The van der Waals surface area contributed by atoms with Gasteiger partial charge in [-0.3, -0.25) is 0 Å². The molecule has 2 rings (SSSR count). The lowest BCUT2D eigenvalue weighted by Crippen LogP contribution is -2.26. The van der Waals surface area contributed by atoms with E-state index < -0.39 is 0 Å². The van der Waals surface area contributed by atoms with Crippen molar-refractivity contribution >= 4 is 5.69 Å². The van der Waals surface area contributed by atoms with E-state index in [2.05, 4.69) is 12.4 Å². The molecule has 2 nitrogen and oxygen atoms in total. The highest BCUT2D eigenvalue weighted by Gasteiger charge is 2.09. The molecule has 1 saturated carbocycles. The van der Waals surface area contributed by atoms with Gasteiger partial charge >= 0.3 is 0 Å². The number of nitrogen functional groups attached to an aromatic ring is 1. The Balaban J connectivity index is 0.000000160. The van der Waals surface area contributed by atoms with Gasteiger partial charge in [0.25, 0.3) is 0 Å². The maximum absolute atomic E-state index is 12.2. The summed E-state index contributed by atoms with van der Waals surface area (Å²) in [5, 5.41) is 3.30. The van der Waals surface area contributed by atoms with Gasteiger partial charge in [-0.15, -0.1) is 0 Å². The first kappa shape index (κ1) is 13.0. The van der Waals surface area contributed by atoms with Crippen LogP contribution in [0.5, 0.6) is 0 Å². The third-order valence-electron chi connectivity index (χ3n) is 2.92. The molecule has 3 heteroatoms. The van der Waals surface area contributed by atoms with E-state index in [1.165, 1.54) is 44.2 Å². The summed E-state index contributed by atoms with van der Waals surface area (Å²) in [7, 11) is 2.07. The number of hydrogen-bond acceptors (Lipinski definition) is 2. The van der Waals surface area contributed by atoms with Crippen LogP contribution in [-0.2, 0) is 0 Å². The van der Waals surface area contributed by atoms with Crippen molar-refractivity contribution in [3.8, 4) is 0 Å². The van der Waals surface area contributed by atoms with Gasteiger partial charge < -0.3 is 11.1 Å². The Labute approximate surface area is 97.0 Å². The number of hydrogen-bond donors (Lipinski definition) is 2. The van der Waals surface area contributed by atoms with Gasteiger partial charge in [-0.05, 0) is 32.0 Å². The van der Waals surface area contributed by atoms with Crippen molar-refractivity contribution in [1.82, 2.24) is 5.32 Å². The first-order chi connectivity index (χ1) is 7.74. The van der Waals surface area contributed by atoms with Gasteiger partial charge in [0.2, 0.25) is 0 Å². The molecule has 0 spiro atoms. The first-order valence-corrected chi connectivity index (χ1v) is 5.91. The molecule has 1 aliphatic rings. The van der Waals surface area contributed by atoms with Crippen molar-refractivity contribution in [3.63, 3.8) is 0 Å². The normalized spacial score (nSPS) is 16.4. The van der Waals surface area contributed by atoms with Gasteiger partial charge in [0.1, 0.15) is 5.82 Å². The van der Waals surface area contributed by atoms with Crippen LogP contribution in [0, 0.1) is 5.82 Å². The van der Waals surface area contributed by atoms with Crippen LogP contribution in [-0.4, -0.2) is 13.1 Å². The largest absolute Gasteiger partial charge is 0.396 e. The molecule has 0 aliphatic heterocycles. The van der Waals surface area contributed by atoms with Crippen molar-refractivity contribution < 1.29 is 4.39 Å². The van der Waals surface area contributed by atoms with Crippen molar-refractivity contribution in [2.45, 2.75) is 38.1 Å². The van der Waals surface area contributed by atoms with Crippen molar-refractivity contribution in [3.05, 3.63) is 30.1 Å². The highest BCUT2D eigenvalue weighted by Crippen LogP contribution is 2.16. The van der Waals surface area contributed by atoms with Gasteiger partial charge in [-0.25, -0.2) is 4.39 Å². The zero-order valence-electron chi connectivity index (χ0n) is 9.88. The molecule has 0 saturated heterocycles. The quantitative estimate of drug-likeness (QED) is 0.720. The Morgan fingerprint density at radius 2 is 1.81 bits per heavy atom. The second-order valence-electron chi connectivity index (χ2n) is 4.15. The van der Waals surface area contributed by atoms with E-state index in [4.69, 9.17) is 5.73 Å². The number of anilines is 1. The Morgan fingerprint density at radius 3 is 2.19 bits per heavy atom. The molecule has 3 N–H and O–H groups in total. The second kappa shape index (κ2) is 7.23. The number of nitrogens with two attached hydrogens (primary N) is 1. The van der Waals surface area contributed by atoms with E-state index in [0.717, 1.165) is 6.04 Å². The smallest absolute Gasteiger partial charge is 0.146 e. The average Bonchev–Trinajstić information content (AvgIpc) is 2.35. The van der Waals surface area contributed by atoms with Crippen molar-refractivity contribution in [1.29, 1.82) is 0 Å². The standard InChI is InChI=1S/C7H15N.C6H6FN/c1-8-7-5-3-2-4-6-7;7-5-3-1-2-4-6(5)8/h7-8H,2-6H2,1H3;1-4H,8H2. The van der Waals surface area contributed by atoms with Crippen LogP contribution in [0.1, 0.15) is 32.1 Å². The molecule has 0 unspecified atom stereocenters. The Morgan fingerprint density at radius 1 is 1.19 bits per heavy atom. The van der Waals surface area contributed by atoms with Crippen LogP contribution in [0.2, 0.25) is 0 Å². The van der Waals surface area contributed by atoms with Crippen LogP contribution in [0.4, 0.5) is 10.1 Å². The predicted octanol–water partition coefficient (Wildman–Crippen LogP) is 2.95. The molecular weight excluding hydrogens is 203 g/mol. The highest BCUT2D eigenvalue weighted by atomic mass is 19.1. The van der Waals surface area contributed by atoms with Gasteiger partial charge in [-0.1, -0.05) is 31.4 Å². The molecule has 0 bridgehead atoms. The van der Waals surface area contributed by atoms with E-state index in [1.807, 2.05) is 0 Å². The molecule has 16 heavy (non-hydrogen) atoms. The fourth-order valence-electron chi connectivity index (χ4n) is 1.87. The molecule has 0 amide bonds. The molecule has 1 aliphatic carbocycles. The Hall–Kier alpha value is -1.09. The van der Waals surface area contributed by atoms with Gasteiger partial charge in [0.15, 0.2) is 0 Å². The SMILES string of the molecule is CNC1CCCCC1.Nc1ccccc1F. The van der Waals surface area contributed by atoms with Gasteiger partial charge in [0, 0.05) is 6.04 Å². The van der Waals surface area contributed by atoms with E-state index >= 15 is 0 Å². The number of nitrogens with one attached hydrogen (secondary N) is 1. The third kappa shape index (κ3) is 4.62. The van der Waals surface area contributed by atoms with E-state index in [1.54, 1.807) is 12.1 Å². The second-order valence-corrected chi connectivity index (χ2v) is 4.15. The van der Waals surface area contributed by atoms with Crippen LogP contribution < -0.4 is 11.1 Å². The summed E-state index contributed by atoms with van der Waals surface area (Å²) in [5.41, 5.74) is 5.35. The number of para-hydroxylation sites is 1. The van der Waals surface area contributed by atoms with Crippen LogP contribution >= 0.6 is 0 Å². The van der Waals surface area contributed by atoms with Crippen LogP contribution in [0.15, 0.2) is 24.3 Å². The molecule has 0 atom stereocenters. The fourth-order valence-corrected chi connectivity index (χ4v) is 1.87. The molecule has 0 aromatic heterocycles. The van der Waals surface area contributed by atoms with Crippen LogP contribution in [0.25, 0.3) is 0 Å². The van der Waals surface area contributed by atoms with Crippen molar-refractivity contribution in [2.24, 2.45) is 0 Å². The van der Waals surface area contributed by atoms with Crippen molar-refractivity contribution in [2.75, 3.05) is 12.8 Å². The monoisotopic (exact) mass is 224 g/mol. The van der Waals surface area contributed by atoms with Gasteiger partial charge in [0.05, 0.1) is 5.69 Å². The summed E-state index contributed by atoms with van der Waals surface area (Å²) in [6.07, 6.45) is 7.13. The summed E-state index contributed by atoms with van der Waals surface area (Å²) in [4.78, 5) is 0. The van der Waals surface area contributed by atoms with Crippen LogP contribution in [0.3, 0.4) is 0 Å². The number of rotatable bonds is 1. The summed E-state index contributed by atoms with van der Waals surface area (Å²) < 4.78 is 12.2. The lowest BCUT2D eigenvalue weighted by molar-refractivity contribution is 0.394. The summed E-state index contributed by atoms with van der Waals surface area (Å²) in [6.45, 7) is 0. The van der Waals surface area contributed by atoms with E-state index in [-0.39, 0.29) is 11.5 Å². The highest BCUT2D eigenvalue weighted by molar-refractivity contribution is 5.38. The summed E-state index contributed by atoms with van der Waals surface area (Å²) >= 11 is 0. The molecule has 90 valence electrons. The first-order valence-electron chi connectivity index (χ1n) is 5.91. The topological polar surface area (TPSA) is 38.0 Å². The molecule has 1 fully saturated rings. The summed E-state index contributed by atoms with van der Waals surface area (Å²) in [5.74, 6) is -0.354. The minimum Gasteiger partial charge on any atom is -0.396 e. The number of halogens is 1. The maximum atomic E-state index is 12.2.